The summed E-state index contributed by atoms with van der Waals surface area (Å²) >= 11 is 6.82. The minimum atomic E-state index is 0.961. The Hall–Kier alpha value is -0.300. The fourth-order valence-electron chi connectivity index (χ4n) is 1.39. The molecular formula is C11H14BrN3S2. The Morgan fingerprint density at radius 1 is 1.35 bits per heavy atom. The summed E-state index contributed by atoms with van der Waals surface area (Å²) in [6.07, 6.45) is 2.13. The summed E-state index contributed by atoms with van der Waals surface area (Å²) in [6, 6.07) is 2.09. The molecule has 6 heteroatoms. The molecule has 0 aliphatic rings. The van der Waals surface area contributed by atoms with Crippen LogP contribution >= 0.6 is 38.6 Å². The highest BCUT2D eigenvalue weighted by atomic mass is 79.9. The number of halogens is 1. The predicted molar refractivity (Wildman–Crippen MR) is 77.8 cm³/mol. The monoisotopic (exact) mass is 331 g/mol. The van der Waals surface area contributed by atoms with Gasteiger partial charge < -0.3 is 5.32 Å². The third-order valence-electron chi connectivity index (χ3n) is 2.22. The number of nitrogens with zero attached hydrogens (tertiary/aromatic N) is 2. The molecule has 0 saturated carbocycles. The van der Waals surface area contributed by atoms with Gasteiger partial charge >= 0.3 is 0 Å². The summed E-state index contributed by atoms with van der Waals surface area (Å²) in [4.78, 5) is 0. The molecule has 0 amide bonds. The highest BCUT2D eigenvalue weighted by Gasteiger charge is 2.07. The molecule has 0 saturated heterocycles. The highest BCUT2D eigenvalue weighted by Crippen LogP contribution is 2.30. The van der Waals surface area contributed by atoms with Crippen molar-refractivity contribution >= 4 is 38.6 Å². The molecule has 0 unspecified atom stereocenters. The van der Waals surface area contributed by atoms with E-state index in [-0.39, 0.29) is 0 Å². The Kier molecular flexibility index (Phi) is 5.09. The molecule has 17 heavy (non-hydrogen) atoms. The summed E-state index contributed by atoms with van der Waals surface area (Å²) in [5.74, 6) is 0. The minimum absolute atomic E-state index is 0.961. The molecule has 2 aromatic heterocycles. The number of aromatic nitrogens is 2. The first-order valence-corrected chi connectivity index (χ1v) is 8.06. The smallest absolute Gasteiger partial charge is 0.148 e. The van der Waals surface area contributed by atoms with Gasteiger partial charge in [-0.3, -0.25) is 0 Å². The van der Waals surface area contributed by atoms with Crippen molar-refractivity contribution in [3.8, 4) is 10.6 Å². The fourth-order valence-corrected chi connectivity index (χ4v) is 3.43. The maximum atomic E-state index is 4.23. The van der Waals surface area contributed by atoms with Gasteiger partial charge in [0.2, 0.25) is 0 Å². The van der Waals surface area contributed by atoms with Crippen LogP contribution in [0.5, 0.6) is 0 Å². The lowest BCUT2D eigenvalue weighted by Gasteiger charge is -1.98. The van der Waals surface area contributed by atoms with Crippen molar-refractivity contribution in [1.29, 1.82) is 0 Å². The van der Waals surface area contributed by atoms with Crippen molar-refractivity contribution in [3.63, 3.8) is 0 Å². The van der Waals surface area contributed by atoms with E-state index in [0.29, 0.717) is 0 Å². The second-order valence-corrected chi connectivity index (χ2v) is 6.99. The number of thiophene rings is 1. The topological polar surface area (TPSA) is 37.8 Å². The van der Waals surface area contributed by atoms with Crippen LogP contribution in [0.4, 0.5) is 0 Å². The van der Waals surface area contributed by atoms with Crippen molar-refractivity contribution in [3.05, 3.63) is 20.2 Å². The van der Waals surface area contributed by atoms with Crippen LogP contribution in [0.1, 0.15) is 18.4 Å². The fraction of sp³-hybridized carbons (Fsp3) is 0.455. The Labute approximate surface area is 117 Å². The molecule has 92 valence electrons. The van der Waals surface area contributed by atoms with Crippen LogP contribution in [-0.4, -0.2) is 23.3 Å². The molecule has 0 spiro atoms. The van der Waals surface area contributed by atoms with Crippen LogP contribution in [0.3, 0.4) is 0 Å². The normalized spacial score (nSPS) is 10.9. The number of rotatable bonds is 6. The lowest BCUT2D eigenvalue weighted by molar-refractivity contribution is 0.668. The van der Waals surface area contributed by atoms with Gasteiger partial charge in [-0.1, -0.05) is 18.3 Å². The molecule has 0 atom stereocenters. The van der Waals surface area contributed by atoms with Crippen molar-refractivity contribution < 1.29 is 0 Å². The predicted octanol–water partition coefficient (Wildman–Crippen LogP) is 3.57. The van der Waals surface area contributed by atoms with Crippen LogP contribution in [0.15, 0.2) is 15.2 Å². The summed E-state index contributed by atoms with van der Waals surface area (Å²) in [7, 11) is 0. The standard InChI is InChI=1S/C11H14BrN3S2/c1-2-4-13-5-3-10-14-15-11(17-10)8-6-9(12)16-7-8/h6-7,13H,2-5H2,1H3. The Bertz CT molecular complexity index is 467. The molecule has 0 aliphatic carbocycles. The SMILES string of the molecule is CCCNCCc1nnc(-c2csc(Br)c2)s1. The van der Waals surface area contributed by atoms with Crippen LogP contribution < -0.4 is 5.32 Å². The van der Waals surface area contributed by atoms with E-state index < -0.39 is 0 Å². The maximum absolute atomic E-state index is 4.23. The summed E-state index contributed by atoms with van der Waals surface area (Å²) < 4.78 is 1.13. The van der Waals surface area contributed by atoms with Crippen LogP contribution in [0.25, 0.3) is 10.6 Å². The Balaban J connectivity index is 1.92. The van der Waals surface area contributed by atoms with E-state index in [4.69, 9.17) is 0 Å². The van der Waals surface area contributed by atoms with Gasteiger partial charge in [-0.25, -0.2) is 0 Å². The van der Waals surface area contributed by atoms with Crippen molar-refractivity contribution in [2.75, 3.05) is 13.1 Å². The van der Waals surface area contributed by atoms with Gasteiger partial charge in [0.25, 0.3) is 0 Å². The molecule has 3 nitrogen and oxygen atoms in total. The molecular weight excluding hydrogens is 318 g/mol. The van der Waals surface area contributed by atoms with Crippen LogP contribution in [-0.2, 0) is 6.42 Å². The molecule has 0 aromatic carbocycles. The van der Waals surface area contributed by atoms with Gasteiger partial charge in [0.1, 0.15) is 10.0 Å². The summed E-state index contributed by atoms with van der Waals surface area (Å²) in [6.45, 7) is 4.23. The zero-order chi connectivity index (χ0) is 12.1. The third kappa shape index (κ3) is 3.84. The van der Waals surface area contributed by atoms with E-state index in [1.807, 2.05) is 0 Å². The van der Waals surface area contributed by atoms with Crippen molar-refractivity contribution in [2.24, 2.45) is 0 Å². The molecule has 2 rings (SSSR count). The van der Waals surface area contributed by atoms with Gasteiger partial charge in [-0.2, -0.15) is 0 Å². The largest absolute Gasteiger partial charge is 0.316 e. The zero-order valence-corrected chi connectivity index (χ0v) is 12.8. The van der Waals surface area contributed by atoms with E-state index in [0.717, 1.165) is 38.9 Å². The lowest BCUT2D eigenvalue weighted by Crippen LogP contribution is -2.17. The maximum Gasteiger partial charge on any atom is 0.148 e. The summed E-state index contributed by atoms with van der Waals surface area (Å²) in [5.41, 5.74) is 1.16. The van der Waals surface area contributed by atoms with Gasteiger partial charge in [0.15, 0.2) is 0 Å². The zero-order valence-electron chi connectivity index (χ0n) is 9.57. The second kappa shape index (κ2) is 6.58. The van der Waals surface area contributed by atoms with Crippen LogP contribution in [0, 0.1) is 0 Å². The molecule has 2 heterocycles. The summed E-state index contributed by atoms with van der Waals surface area (Å²) in [5, 5.41) is 16.0. The minimum Gasteiger partial charge on any atom is -0.316 e. The Morgan fingerprint density at radius 3 is 2.94 bits per heavy atom. The molecule has 0 aliphatic heterocycles. The second-order valence-electron chi connectivity index (χ2n) is 3.64. The number of nitrogens with one attached hydrogen (secondary N) is 1. The number of hydrogen-bond acceptors (Lipinski definition) is 5. The van der Waals surface area contributed by atoms with Gasteiger partial charge in [-0.05, 0) is 35.0 Å². The molecule has 0 radical (unpaired) electrons. The van der Waals surface area contributed by atoms with Gasteiger partial charge in [0.05, 0.1) is 3.79 Å². The van der Waals surface area contributed by atoms with E-state index in [1.54, 1.807) is 22.7 Å². The van der Waals surface area contributed by atoms with E-state index in [1.165, 1.54) is 6.42 Å². The molecule has 1 N–H and O–H groups in total. The quantitative estimate of drug-likeness (QED) is 0.822. The first-order valence-electron chi connectivity index (χ1n) is 5.57. The average Bonchev–Trinajstić information content (AvgIpc) is 2.93. The third-order valence-corrected chi connectivity index (χ3v) is 4.76. The van der Waals surface area contributed by atoms with E-state index in [9.17, 15) is 0 Å². The van der Waals surface area contributed by atoms with E-state index >= 15 is 0 Å². The molecule has 2 aromatic rings. The Morgan fingerprint density at radius 2 is 2.24 bits per heavy atom. The van der Waals surface area contributed by atoms with Crippen LogP contribution in [0.2, 0.25) is 0 Å². The average molecular weight is 332 g/mol. The van der Waals surface area contributed by atoms with E-state index in [2.05, 4.69) is 49.8 Å². The van der Waals surface area contributed by atoms with Crippen molar-refractivity contribution in [1.82, 2.24) is 15.5 Å². The highest BCUT2D eigenvalue weighted by molar-refractivity contribution is 9.11. The molecule has 0 bridgehead atoms. The van der Waals surface area contributed by atoms with Gasteiger partial charge in [-0.15, -0.1) is 21.5 Å². The molecule has 0 fully saturated rings. The first kappa shape index (κ1) is 13.1. The van der Waals surface area contributed by atoms with Crippen molar-refractivity contribution in [2.45, 2.75) is 19.8 Å². The first-order chi connectivity index (χ1) is 8.29. The lowest BCUT2D eigenvalue weighted by atomic mass is 10.4. The van der Waals surface area contributed by atoms with Gasteiger partial charge in [0, 0.05) is 23.9 Å². The number of hydrogen-bond donors (Lipinski definition) is 1.